The summed E-state index contributed by atoms with van der Waals surface area (Å²) in [6.45, 7) is 4.60. The Labute approximate surface area is 137 Å². The molecule has 0 unspecified atom stereocenters. The second kappa shape index (κ2) is 8.95. The Balaban J connectivity index is 1.96. The second-order valence-electron chi connectivity index (χ2n) is 5.29. The molecular formula is C17H24N4O2. The minimum Gasteiger partial charge on any atom is -0.383 e. The molecule has 0 fully saturated rings. The Morgan fingerprint density at radius 2 is 2.09 bits per heavy atom. The monoisotopic (exact) mass is 316 g/mol. The van der Waals surface area contributed by atoms with Crippen molar-refractivity contribution < 1.29 is 9.53 Å². The number of hydrogen-bond acceptors (Lipinski definition) is 3. The van der Waals surface area contributed by atoms with Gasteiger partial charge in [-0.1, -0.05) is 37.3 Å². The standard InChI is InChI=1S/C17H24N4O2/c1-3-10-20(14-15-7-5-4-6-8-15)17(22)18-16-9-11-21(19-16)12-13-23-2/h4-9,11H,3,10,12-14H2,1-2H3,(H,18,19,22). The third kappa shape index (κ3) is 5.41. The van der Waals surface area contributed by atoms with E-state index in [1.807, 2.05) is 36.5 Å². The van der Waals surface area contributed by atoms with Crippen molar-refractivity contribution in [1.29, 1.82) is 0 Å². The summed E-state index contributed by atoms with van der Waals surface area (Å²) < 4.78 is 6.77. The van der Waals surface area contributed by atoms with E-state index in [-0.39, 0.29) is 6.03 Å². The highest BCUT2D eigenvalue weighted by atomic mass is 16.5. The number of carbonyl (C=O) groups is 1. The molecule has 2 rings (SSSR count). The van der Waals surface area contributed by atoms with Crippen molar-refractivity contribution in [3.8, 4) is 0 Å². The summed E-state index contributed by atoms with van der Waals surface area (Å²) in [6, 6.07) is 11.6. The van der Waals surface area contributed by atoms with Crippen LogP contribution in [0.1, 0.15) is 18.9 Å². The molecule has 1 aromatic heterocycles. The lowest BCUT2D eigenvalue weighted by Crippen LogP contribution is -2.35. The molecule has 0 saturated heterocycles. The van der Waals surface area contributed by atoms with Gasteiger partial charge in [0.1, 0.15) is 0 Å². The lowest BCUT2D eigenvalue weighted by molar-refractivity contribution is 0.183. The van der Waals surface area contributed by atoms with E-state index in [1.165, 1.54) is 0 Å². The molecule has 124 valence electrons. The molecule has 6 heteroatoms. The average Bonchev–Trinajstić information content (AvgIpc) is 3.01. The van der Waals surface area contributed by atoms with Gasteiger partial charge in [-0.2, -0.15) is 5.10 Å². The van der Waals surface area contributed by atoms with Gasteiger partial charge in [0.2, 0.25) is 0 Å². The smallest absolute Gasteiger partial charge is 0.323 e. The lowest BCUT2D eigenvalue weighted by atomic mass is 10.2. The fourth-order valence-electron chi connectivity index (χ4n) is 2.25. The van der Waals surface area contributed by atoms with Crippen molar-refractivity contribution in [2.75, 3.05) is 25.6 Å². The van der Waals surface area contributed by atoms with E-state index < -0.39 is 0 Å². The summed E-state index contributed by atoms with van der Waals surface area (Å²) in [5.74, 6) is 0.556. The van der Waals surface area contributed by atoms with Crippen LogP contribution < -0.4 is 5.32 Å². The van der Waals surface area contributed by atoms with E-state index in [2.05, 4.69) is 17.3 Å². The Hall–Kier alpha value is -2.34. The number of hydrogen-bond donors (Lipinski definition) is 1. The minimum absolute atomic E-state index is 0.132. The minimum atomic E-state index is -0.132. The summed E-state index contributed by atoms with van der Waals surface area (Å²) in [4.78, 5) is 14.3. The molecule has 0 saturated carbocycles. The maximum Gasteiger partial charge on any atom is 0.323 e. The molecule has 2 aromatic rings. The van der Waals surface area contributed by atoms with Gasteiger partial charge >= 0.3 is 6.03 Å². The zero-order valence-corrected chi connectivity index (χ0v) is 13.7. The van der Waals surface area contributed by atoms with Crippen molar-refractivity contribution in [3.05, 3.63) is 48.2 Å². The van der Waals surface area contributed by atoms with Crippen LogP contribution in [0.4, 0.5) is 10.6 Å². The Bertz CT molecular complexity index is 598. The van der Waals surface area contributed by atoms with Crippen LogP contribution in [-0.2, 0) is 17.8 Å². The lowest BCUT2D eigenvalue weighted by Gasteiger charge is -2.22. The van der Waals surface area contributed by atoms with Gasteiger partial charge in [0, 0.05) is 32.5 Å². The first-order chi connectivity index (χ1) is 11.2. The molecule has 23 heavy (non-hydrogen) atoms. The van der Waals surface area contributed by atoms with E-state index >= 15 is 0 Å². The van der Waals surface area contributed by atoms with E-state index in [0.29, 0.717) is 32.1 Å². The summed E-state index contributed by atoms with van der Waals surface area (Å²) in [5, 5.41) is 7.17. The first-order valence-corrected chi connectivity index (χ1v) is 7.85. The molecule has 1 heterocycles. The molecular weight excluding hydrogens is 292 g/mol. The summed E-state index contributed by atoms with van der Waals surface area (Å²) >= 11 is 0. The molecule has 0 radical (unpaired) electrons. The topological polar surface area (TPSA) is 59.4 Å². The van der Waals surface area contributed by atoms with Crippen LogP contribution in [0.3, 0.4) is 0 Å². The Morgan fingerprint density at radius 1 is 1.30 bits per heavy atom. The van der Waals surface area contributed by atoms with Gasteiger partial charge in [-0.3, -0.25) is 10.00 Å². The molecule has 1 aromatic carbocycles. The van der Waals surface area contributed by atoms with Crippen molar-refractivity contribution in [2.24, 2.45) is 0 Å². The number of carbonyl (C=O) groups excluding carboxylic acids is 1. The largest absolute Gasteiger partial charge is 0.383 e. The number of nitrogens with one attached hydrogen (secondary N) is 1. The van der Waals surface area contributed by atoms with E-state index in [9.17, 15) is 4.79 Å². The number of benzene rings is 1. The fourth-order valence-corrected chi connectivity index (χ4v) is 2.25. The molecule has 0 aliphatic heterocycles. The zero-order valence-electron chi connectivity index (χ0n) is 13.7. The van der Waals surface area contributed by atoms with E-state index in [0.717, 1.165) is 12.0 Å². The van der Waals surface area contributed by atoms with Crippen molar-refractivity contribution in [3.63, 3.8) is 0 Å². The quantitative estimate of drug-likeness (QED) is 0.814. The van der Waals surface area contributed by atoms with E-state index in [1.54, 1.807) is 22.8 Å². The highest BCUT2D eigenvalue weighted by Gasteiger charge is 2.14. The number of rotatable bonds is 8. The third-order valence-electron chi connectivity index (χ3n) is 3.40. The molecule has 0 aliphatic rings. The third-order valence-corrected chi connectivity index (χ3v) is 3.40. The summed E-state index contributed by atoms with van der Waals surface area (Å²) in [5.41, 5.74) is 1.11. The summed E-state index contributed by atoms with van der Waals surface area (Å²) in [7, 11) is 1.65. The molecule has 0 bridgehead atoms. The van der Waals surface area contributed by atoms with Crippen LogP contribution >= 0.6 is 0 Å². The van der Waals surface area contributed by atoms with Crippen molar-refractivity contribution >= 4 is 11.8 Å². The van der Waals surface area contributed by atoms with Gasteiger partial charge in [-0.05, 0) is 12.0 Å². The van der Waals surface area contributed by atoms with Crippen LogP contribution in [0.15, 0.2) is 42.6 Å². The predicted octanol–water partition coefficient (Wildman–Crippen LogP) is 2.97. The normalized spacial score (nSPS) is 10.5. The molecule has 6 nitrogen and oxygen atoms in total. The highest BCUT2D eigenvalue weighted by Crippen LogP contribution is 2.09. The van der Waals surface area contributed by atoms with Gasteiger partial charge in [0.15, 0.2) is 5.82 Å². The average molecular weight is 316 g/mol. The van der Waals surface area contributed by atoms with Gasteiger partial charge in [-0.15, -0.1) is 0 Å². The maximum atomic E-state index is 12.5. The first-order valence-electron chi connectivity index (χ1n) is 7.85. The molecule has 1 N–H and O–H groups in total. The van der Waals surface area contributed by atoms with Gasteiger partial charge in [0.05, 0.1) is 13.2 Å². The number of methoxy groups -OCH3 is 1. The number of ether oxygens (including phenoxy) is 1. The molecule has 2 amide bonds. The van der Waals surface area contributed by atoms with E-state index in [4.69, 9.17) is 4.74 Å². The summed E-state index contributed by atoms with van der Waals surface area (Å²) in [6.07, 6.45) is 2.73. The maximum absolute atomic E-state index is 12.5. The second-order valence-corrected chi connectivity index (χ2v) is 5.29. The number of aromatic nitrogens is 2. The van der Waals surface area contributed by atoms with Crippen LogP contribution in [0.25, 0.3) is 0 Å². The van der Waals surface area contributed by atoms with Crippen molar-refractivity contribution in [1.82, 2.24) is 14.7 Å². The first kappa shape index (κ1) is 17.0. The number of amides is 2. The Kier molecular flexibility index (Phi) is 6.62. The van der Waals surface area contributed by atoms with Gasteiger partial charge in [0.25, 0.3) is 0 Å². The highest BCUT2D eigenvalue weighted by molar-refractivity contribution is 5.88. The van der Waals surface area contributed by atoms with Crippen molar-refractivity contribution in [2.45, 2.75) is 26.4 Å². The fraction of sp³-hybridized carbons (Fsp3) is 0.412. The van der Waals surface area contributed by atoms with Crippen LogP contribution in [0.2, 0.25) is 0 Å². The Morgan fingerprint density at radius 3 is 2.78 bits per heavy atom. The van der Waals surface area contributed by atoms with Crippen LogP contribution in [0.5, 0.6) is 0 Å². The van der Waals surface area contributed by atoms with Gasteiger partial charge < -0.3 is 9.64 Å². The molecule has 0 atom stereocenters. The number of urea groups is 1. The SMILES string of the molecule is CCCN(Cc1ccccc1)C(=O)Nc1ccn(CCOC)n1. The van der Waals surface area contributed by atoms with Gasteiger partial charge in [-0.25, -0.2) is 4.79 Å². The van der Waals surface area contributed by atoms with Crippen LogP contribution in [0, 0.1) is 0 Å². The molecule has 0 spiro atoms. The zero-order chi connectivity index (χ0) is 16.5. The number of nitrogens with zero attached hydrogens (tertiary/aromatic N) is 3. The number of anilines is 1. The molecule has 0 aliphatic carbocycles. The predicted molar refractivity (Wildman–Crippen MR) is 90.3 cm³/mol. The van der Waals surface area contributed by atoms with Crippen LogP contribution in [-0.4, -0.2) is 41.0 Å².